The van der Waals surface area contributed by atoms with Gasteiger partial charge in [0.2, 0.25) is 10.0 Å². The first-order valence-corrected chi connectivity index (χ1v) is 7.96. The Balaban J connectivity index is 2.33. The normalized spacial score (nSPS) is 21.3. The van der Waals surface area contributed by atoms with Crippen molar-refractivity contribution in [3.63, 3.8) is 0 Å². The third-order valence-corrected chi connectivity index (χ3v) is 5.36. The van der Waals surface area contributed by atoms with Crippen LogP contribution in [0, 0.1) is 5.92 Å². The fraction of sp³-hybridized carbons (Fsp3) is 0.500. The Bertz CT molecular complexity index is 580. The molecular formula is C14H19NO3S. The smallest absolute Gasteiger partial charge is 0.243 e. The molecule has 4 nitrogen and oxygen atoms in total. The molecule has 104 valence electrons. The van der Waals surface area contributed by atoms with Crippen LogP contribution in [0.1, 0.15) is 37.0 Å². The van der Waals surface area contributed by atoms with Crippen molar-refractivity contribution < 1.29 is 13.2 Å². The molecule has 0 spiro atoms. The number of carbonyl (C=O) groups excluding carboxylic acids is 1. The number of hydrogen-bond donors (Lipinski definition) is 0. The maximum absolute atomic E-state index is 12.5. The lowest BCUT2D eigenvalue weighted by Crippen LogP contribution is -2.39. The van der Waals surface area contributed by atoms with Crippen molar-refractivity contribution in [3.05, 3.63) is 29.8 Å². The summed E-state index contributed by atoms with van der Waals surface area (Å²) in [5.74, 6) is 0.267. The average molecular weight is 281 g/mol. The lowest BCUT2D eigenvalue weighted by Gasteiger charge is -2.30. The molecule has 0 bridgehead atoms. The van der Waals surface area contributed by atoms with E-state index < -0.39 is 10.0 Å². The molecule has 0 unspecified atom stereocenters. The van der Waals surface area contributed by atoms with Crippen LogP contribution in [0.2, 0.25) is 0 Å². The first kappa shape index (κ1) is 14.2. The largest absolute Gasteiger partial charge is 0.295 e. The number of carbonyl (C=O) groups is 1. The van der Waals surface area contributed by atoms with Crippen molar-refractivity contribution in [1.29, 1.82) is 0 Å². The van der Waals surface area contributed by atoms with E-state index in [9.17, 15) is 13.2 Å². The molecule has 5 heteroatoms. The Morgan fingerprint density at radius 3 is 2.74 bits per heavy atom. The number of piperidine rings is 1. The van der Waals surface area contributed by atoms with E-state index in [2.05, 4.69) is 6.92 Å². The van der Waals surface area contributed by atoms with Crippen molar-refractivity contribution in [2.75, 3.05) is 13.1 Å². The van der Waals surface area contributed by atoms with Crippen molar-refractivity contribution in [2.24, 2.45) is 5.92 Å². The molecule has 0 aromatic heterocycles. The second-order valence-electron chi connectivity index (χ2n) is 5.19. The Morgan fingerprint density at radius 2 is 2.11 bits per heavy atom. The summed E-state index contributed by atoms with van der Waals surface area (Å²) in [6.45, 7) is 4.63. The van der Waals surface area contributed by atoms with Gasteiger partial charge in [0, 0.05) is 18.7 Å². The Hall–Kier alpha value is -1.20. The maximum atomic E-state index is 12.5. The molecule has 0 amide bonds. The molecule has 2 rings (SSSR count). The van der Waals surface area contributed by atoms with E-state index in [0.717, 1.165) is 12.8 Å². The first-order valence-electron chi connectivity index (χ1n) is 6.52. The predicted octanol–water partition coefficient (Wildman–Crippen LogP) is 2.31. The molecule has 1 aromatic carbocycles. The van der Waals surface area contributed by atoms with Crippen molar-refractivity contribution >= 4 is 15.8 Å². The SMILES string of the molecule is CC(=O)c1cccc(S(=O)(=O)N2CCC[C@@H](C)C2)c1. The van der Waals surface area contributed by atoms with E-state index in [1.165, 1.54) is 17.3 Å². The first-order chi connectivity index (χ1) is 8.91. The lowest BCUT2D eigenvalue weighted by molar-refractivity contribution is 0.101. The van der Waals surface area contributed by atoms with Crippen molar-refractivity contribution in [2.45, 2.75) is 31.6 Å². The van der Waals surface area contributed by atoms with Gasteiger partial charge in [0.1, 0.15) is 0 Å². The fourth-order valence-corrected chi connectivity index (χ4v) is 4.03. The van der Waals surface area contributed by atoms with Crippen molar-refractivity contribution in [1.82, 2.24) is 4.31 Å². The topological polar surface area (TPSA) is 54.5 Å². The zero-order chi connectivity index (χ0) is 14.0. The number of nitrogens with zero attached hydrogens (tertiary/aromatic N) is 1. The van der Waals surface area contributed by atoms with Gasteiger partial charge < -0.3 is 0 Å². The molecule has 1 fully saturated rings. The summed E-state index contributed by atoms with van der Waals surface area (Å²) in [7, 11) is -3.47. The molecule has 1 saturated heterocycles. The molecule has 1 aliphatic heterocycles. The van der Waals surface area contributed by atoms with Crippen LogP contribution < -0.4 is 0 Å². The summed E-state index contributed by atoms with van der Waals surface area (Å²) >= 11 is 0. The predicted molar refractivity (Wildman–Crippen MR) is 73.6 cm³/mol. The standard InChI is InChI=1S/C14H19NO3S/c1-11-5-4-8-15(10-11)19(17,18)14-7-3-6-13(9-14)12(2)16/h3,6-7,9,11H,4-5,8,10H2,1-2H3/t11-/m1/s1. The van der Waals surface area contributed by atoms with Crippen molar-refractivity contribution in [3.8, 4) is 0 Å². The summed E-state index contributed by atoms with van der Waals surface area (Å²) in [6, 6.07) is 6.29. The Kier molecular flexibility index (Phi) is 4.06. The summed E-state index contributed by atoms with van der Waals surface area (Å²) in [5.41, 5.74) is 0.436. The zero-order valence-electron chi connectivity index (χ0n) is 11.3. The number of hydrogen-bond acceptors (Lipinski definition) is 3. The average Bonchev–Trinajstić information content (AvgIpc) is 2.39. The van der Waals surface area contributed by atoms with Crippen LogP contribution in [0.5, 0.6) is 0 Å². The van der Waals surface area contributed by atoms with Gasteiger partial charge in [0.05, 0.1) is 4.90 Å². The third-order valence-electron chi connectivity index (χ3n) is 3.50. The number of benzene rings is 1. The van der Waals surface area contributed by atoms with Gasteiger partial charge in [0.25, 0.3) is 0 Å². The van der Waals surface area contributed by atoms with Crippen LogP contribution in [-0.4, -0.2) is 31.6 Å². The van der Waals surface area contributed by atoms with E-state index in [0.29, 0.717) is 24.6 Å². The highest BCUT2D eigenvalue weighted by molar-refractivity contribution is 7.89. The fourth-order valence-electron chi connectivity index (χ4n) is 2.39. The van der Waals surface area contributed by atoms with E-state index in [1.807, 2.05) is 0 Å². The Morgan fingerprint density at radius 1 is 1.37 bits per heavy atom. The van der Waals surface area contributed by atoms with Crippen LogP contribution >= 0.6 is 0 Å². The highest BCUT2D eigenvalue weighted by atomic mass is 32.2. The molecular weight excluding hydrogens is 262 g/mol. The van der Waals surface area contributed by atoms with Gasteiger partial charge in [-0.25, -0.2) is 8.42 Å². The highest BCUT2D eigenvalue weighted by Crippen LogP contribution is 2.23. The number of rotatable bonds is 3. The van der Waals surface area contributed by atoms with E-state index in [4.69, 9.17) is 0 Å². The van der Waals surface area contributed by atoms with Gasteiger partial charge in [-0.2, -0.15) is 4.31 Å². The summed E-state index contributed by atoms with van der Waals surface area (Å²) < 4.78 is 26.6. The van der Waals surface area contributed by atoms with Gasteiger partial charge in [-0.1, -0.05) is 19.1 Å². The van der Waals surface area contributed by atoms with E-state index in [1.54, 1.807) is 18.2 Å². The minimum absolute atomic E-state index is 0.121. The lowest BCUT2D eigenvalue weighted by atomic mass is 10.0. The Labute approximate surface area is 114 Å². The molecule has 1 aliphatic rings. The molecule has 1 aromatic rings. The van der Waals surface area contributed by atoms with Gasteiger partial charge in [-0.05, 0) is 37.8 Å². The van der Waals surface area contributed by atoms with Crippen LogP contribution in [0.25, 0.3) is 0 Å². The molecule has 1 atom stereocenters. The van der Waals surface area contributed by atoms with Gasteiger partial charge in [0.15, 0.2) is 5.78 Å². The van der Waals surface area contributed by atoms with Gasteiger partial charge >= 0.3 is 0 Å². The summed E-state index contributed by atoms with van der Waals surface area (Å²) in [6.07, 6.45) is 1.96. The van der Waals surface area contributed by atoms with Crippen LogP contribution in [0.3, 0.4) is 0 Å². The molecule has 1 heterocycles. The molecule has 0 radical (unpaired) electrons. The molecule has 0 aliphatic carbocycles. The minimum atomic E-state index is -3.47. The highest BCUT2D eigenvalue weighted by Gasteiger charge is 2.28. The van der Waals surface area contributed by atoms with Gasteiger partial charge in [-0.3, -0.25) is 4.79 Å². The molecule has 19 heavy (non-hydrogen) atoms. The van der Waals surface area contributed by atoms with Crippen LogP contribution in [-0.2, 0) is 10.0 Å². The summed E-state index contributed by atoms with van der Waals surface area (Å²) in [5, 5.41) is 0. The van der Waals surface area contributed by atoms with Crippen LogP contribution in [0.15, 0.2) is 29.2 Å². The van der Waals surface area contributed by atoms with Gasteiger partial charge in [-0.15, -0.1) is 0 Å². The maximum Gasteiger partial charge on any atom is 0.243 e. The number of Topliss-reactive ketones (excluding diaryl/α,β-unsaturated/α-hetero) is 1. The summed E-state index contributed by atoms with van der Waals surface area (Å²) in [4.78, 5) is 11.6. The molecule has 0 N–H and O–H groups in total. The quantitative estimate of drug-likeness (QED) is 0.799. The minimum Gasteiger partial charge on any atom is -0.295 e. The zero-order valence-corrected chi connectivity index (χ0v) is 12.1. The number of sulfonamides is 1. The van der Waals surface area contributed by atoms with E-state index in [-0.39, 0.29) is 10.7 Å². The van der Waals surface area contributed by atoms with Crippen LogP contribution in [0.4, 0.5) is 0 Å². The second kappa shape index (κ2) is 5.43. The number of ketones is 1. The third kappa shape index (κ3) is 3.04. The molecule has 0 saturated carbocycles. The van der Waals surface area contributed by atoms with E-state index >= 15 is 0 Å². The monoisotopic (exact) mass is 281 g/mol. The second-order valence-corrected chi connectivity index (χ2v) is 7.13.